The Labute approximate surface area is 111 Å². The fourth-order valence-corrected chi connectivity index (χ4v) is 2.42. The van der Waals surface area contributed by atoms with E-state index in [9.17, 15) is 4.79 Å². The Bertz CT molecular complexity index is 444. The van der Waals surface area contributed by atoms with Gasteiger partial charge in [-0.05, 0) is 44.2 Å². The number of carbonyl (C=O) groups excluding carboxylic acids is 1. The smallest absolute Gasteiger partial charge is 0.224 e. The maximum Gasteiger partial charge on any atom is 0.224 e. The van der Waals surface area contributed by atoms with Crippen molar-refractivity contribution in [2.24, 2.45) is 11.7 Å². The Morgan fingerprint density at radius 1 is 1.44 bits per heavy atom. The van der Waals surface area contributed by atoms with Crippen LogP contribution in [-0.4, -0.2) is 21.9 Å². The first kappa shape index (κ1) is 13.1. The molecule has 6 heteroatoms. The molecule has 98 valence electrons. The van der Waals surface area contributed by atoms with Crippen LogP contribution in [0.5, 0.6) is 0 Å². The summed E-state index contributed by atoms with van der Waals surface area (Å²) in [6.45, 7) is 1.94. The SMILES string of the molecule is Cc1cnc(Cl)nc1NC1CCC(C(N)=O)CC1. The van der Waals surface area contributed by atoms with Crippen molar-refractivity contribution in [1.29, 1.82) is 0 Å². The van der Waals surface area contributed by atoms with Crippen LogP contribution in [0.25, 0.3) is 0 Å². The molecule has 1 aromatic rings. The number of aromatic nitrogens is 2. The molecule has 0 spiro atoms. The van der Waals surface area contributed by atoms with E-state index in [2.05, 4.69) is 15.3 Å². The average Bonchev–Trinajstić information content (AvgIpc) is 2.34. The highest BCUT2D eigenvalue weighted by atomic mass is 35.5. The molecule has 0 bridgehead atoms. The van der Waals surface area contributed by atoms with Gasteiger partial charge in [0, 0.05) is 23.7 Å². The molecule has 0 saturated heterocycles. The molecule has 1 fully saturated rings. The van der Waals surface area contributed by atoms with Gasteiger partial charge in [-0.2, -0.15) is 0 Å². The van der Waals surface area contributed by atoms with E-state index >= 15 is 0 Å². The Morgan fingerprint density at radius 2 is 2.11 bits per heavy atom. The second-order valence-corrected chi connectivity index (χ2v) is 5.10. The van der Waals surface area contributed by atoms with Crippen LogP contribution in [-0.2, 0) is 4.79 Å². The summed E-state index contributed by atoms with van der Waals surface area (Å²) < 4.78 is 0. The van der Waals surface area contributed by atoms with Gasteiger partial charge >= 0.3 is 0 Å². The number of nitrogens with one attached hydrogen (secondary N) is 1. The maximum atomic E-state index is 11.1. The van der Waals surface area contributed by atoms with Gasteiger partial charge in [-0.25, -0.2) is 9.97 Å². The van der Waals surface area contributed by atoms with Crippen LogP contribution >= 0.6 is 11.6 Å². The number of halogens is 1. The number of rotatable bonds is 3. The van der Waals surface area contributed by atoms with Crippen LogP contribution in [0.2, 0.25) is 5.28 Å². The van der Waals surface area contributed by atoms with E-state index < -0.39 is 0 Å². The predicted octanol–water partition coefficient (Wildman–Crippen LogP) is 1.89. The van der Waals surface area contributed by atoms with Crippen LogP contribution in [0.3, 0.4) is 0 Å². The van der Waals surface area contributed by atoms with Crippen molar-refractivity contribution in [3.8, 4) is 0 Å². The Kier molecular flexibility index (Phi) is 4.01. The molecule has 0 aromatic carbocycles. The summed E-state index contributed by atoms with van der Waals surface area (Å²) in [5.41, 5.74) is 6.28. The van der Waals surface area contributed by atoms with E-state index in [1.807, 2.05) is 6.92 Å². The molecule has 0 atom stereocenters. The molecule has 2 rings (SSSR count). The number of carbonyl (C=O) groups is 1. The number of hydrogen-bond acceptors (Lipinski definition) is 4. The van der Waals surface area contributed by atoms with Gasteiger partial charge in [-0.1, -0.05) is 0 Å². The molecular formula is C12H17ClN4O. The molecule has 1 saturated carbocycles. The normalized spacial score (nSPS) is 23.7. The van der Waals surface area contributed by atoms with Crippen molar-refractivity contribution in [1.82, 2.24) is 9.97 Å². The van der Waals surface area contributed by atoms with E-state index in [0.717, 1.165) is 37.1 Å². The highest BCUT2D eigenvalue weighted by molar-refractivity contribution is 6.28. The zero-order valence-electron chi connectivity index (χ0n) is 10.3. The molecule has 1 amide bonds. The van der Waals surface area contributed by atoms with Gasteiger partial charge in [0.1, 0.15) is 5.82 Å². The van der Waals surface area contributed by atoms with Gasteiger partial charge in [0.05, 0.1) is 0 Å². The first-order valence-electron chi connectivity index (χ1n) is 6.11. The molecule has 18 heavy (non-hydrogen) atoms. The third kappa shape index (κ3) is 3.10. The maximum absolute atomic E-state index is 11.1. The molecule has 1 heterocycles. The summed E-state index contributed by atoms with van der Waals surface area (Å²) >= 11 is 5.78. The monoisotopic (exact) mass is 268 g/mol. The van der Waals surface area contributed by atoms with Crippen molar-refractivity contribution < 1.29 is 4.79 Å². The lowest BCUT2D eigenvalue weighted by Gasteiger charge is -2.28. The highest BCUT2D eigenvalue weighted by Crippen LogP contribution is 2.26. The van der Waals surface area contributed by atoms with Gasteiger partial charge in [0.2, 0.25) is 11.2 Å². The first-order chi connectivity index (χ1) is 8.56. The fourth-order valence-electron chi connectivity index (χ4n) is 2.28. The van der Waals surface area contributed by atoms with E-state index in [1.165, 1.54) is 0 Å². The minimum absolute atomic E-state index is 0.0261. The van der Waals surface area contributed by atoms with Gasteiger partial charge in [0.25, 0.3) is 0 Å². The fraction of sp³-hybridized carbons (Fsp3) is 0.583. The standard InChI is InChI=1S/C12H17ClN4O/c1-7-6-15-12(13)17-11(7)16-9-4-2-8(3-5-9)10(14)18/h6,8-9H,2-5H2,1H3,(H2,14,18)(H,15,16,17). The Balaban J connectivity index is 1.95. The molecule has 1 aromatic heterocycles. The summed E-state index contributed by atoms with van der Waals surface area (Å²) in [5, 5.41) is 3.61. The second kappa shape index (κ2) is 5.52. The van der Waals surface area contributed by atoms with E-state index in [4.69, 9.17) is 17.3 Å². The highest BCUT2D eigenvalue weighted by Gasteiger charge is 2.25. The molecule has 0 aliphatic heterocycles. The van der Waals surface area contributed by atoms with E-state index in [-0.39, 0.29) is 17.1 Å². The lowest BCUT2D eigenvalue weighted by atomic mass is 9.85. The predicted molar refractivity (Wildman–Crippen MR) is 70.3 cm³/mol. The van der Waals surface area contributed by atoms with Crippen LogP contribution < -0.4 is 11.1 Å². The first-order valence-corrected chi connectivity index (χ1v) is 6.49. The number of primary amides is 1. The molecular weight excluding hydrogens is 252 g/mol. The summed E-state index contributed by atoms with van der Waals surface area (Å²) in [4.78, 5) is 19.2. The van der Waals surface area contributed by atoms with Crippen LogP contribution in [0.15, 0.2) is 6.20 Å². The van der Waals surface area contributed by atoms with E-state index in [1.54, 1.807) is 6.20 Å². The molecule has 0 radical (unpaired) electrons. The lowest BCUT2D eigenvalue weighted by molar-refractivity contribution is -0.122. The van der Waals surface area contributed by atoms with Crippen LogP contribution in [0.4, 0.5) is 5.82 Å². The summed E-state index contributed by atoms with van der Waals surface area (Å²) in [6.07, 6.45) is 5.23. The third-order valence-corrected chi connectivity index (χ3v) is 3.59. The van der Waals surface area contributed by atoms with Crippen LogP contribution in [0.1, 0.15) is 31.2 Å². The zero-order valence-corrected chi connectivity index (χ0v) is 11.1. The molecule has 5 nitrogen and oxygen atoms in total. The van der Waals surface area contributed by atoms with Crippen molar-refractivity contribution >= 4 is 23.3 Å². The largest absolute Gasteiger partial charge is 0.369 e. The van der Waals surface area contributed by atoms with Gasteiger partial charge in [-0.15, -0.1) is 0 Å². The lowest BCUT2D eigenvalue weighted by Crippen LogP contribution is -2.32. The Hall–Kier alpha value is -1.36. The molecule has 1 aliphatic carbocycles. The summed E-state index contributed by atoms with van der Waals surface area (Å²) in [6, 6.07) is 0.324. The number of hydrogen-bond donors (Lipinski definition) is 2. The average molecular weight is 269 g/mol. The number of nitrogens with zero attached hydrogens (tertiary/aromatic N) is 2. The van der Waals surface area contributed by atoms with E-state index in [0.29, 0.717) is 6.04 Å². The van der Waals surface area contributed by atoms with Crippen molar-refractivity contribution in [2.45, 2.75) is 38.6 Å². The number of nitrogens with two attached hydrogens (primary N) is 1. The zero-order chi connectivity index (χ0) is 13.1. The second-order valence-electron chi connectivity index (χ2n) is 4.77. The van der Waals surface area contributed by atoms with Gasteiger partial charge < -0.3 is 11.1 Å². The molecule has 0 unspecified atom stereocenters. The minimum Gasteiger partial charge on any atom is -0.369 e. The minimum atomic E-state index is -0.185. The number of amides is 1. The van der Waals surface area contributed by atoms with Crippen molar-refractivity contribution in [3.05, 3.63) is 17.0 Å². The van der Waals surface area contributed by atoms with Crippen LogP contribution in [0, 0.1) is 12.8 Å². The quantitative estimate of drug-likeness (QED) is 0.821. The molecule has 1 aliphatic rings. The summed E-state index contributed by atoms with van der Waals surface area (Å²) in [7, 11) is 0. The third-order valence-electron chi connectivity index (χ3n) is 3.41. The van der Waals surface area contributed by atoms with Gasteiger partial charge in [-0.3, -0.25) is 4.79 Å². The Morgan fingerprint density at radius 3 is 2.72 bits per heavy atom. The molecule has 3 N–H and O–H groups in total. The van der Waals surface area contributed by atoms with Crippen molar-refractivity contribution in [2.75, 3.05) is 5.32 Å². The van der Waals surface area contributed by atoms with Crippen molar-refractivity contribution in [3.63, 3.8) is 0 Å². The number of anilines is 1. The topological polar surface area (TPSA) is 80.9 Å². The van der Waals surface area contributed by atoms with Gasteiger partial charge in [0.15, 0.2) is 0 Å². The summed E-state index contributed by atoms with van der Waals surface area (Å²) in [5.74, 6) is 0.616. The number of aryl methyl sites for hydroxylation is 1.